The number of hydrogen-bond acceptors (Lipinski definition) is 3. The molecule has 3 rings (SSSR count). The number of nitrogens with one attached hydrogen (secondary N) is 1. The van der Waals surface area contributed by atoms with Crippen LogP contribution in [0.25, 0.3) is 10.9 Å². The third-order valence-corrected chi connectivity index (χ3v) is 4.33. The number of carbonyl (C=O) groups excluding carboxylic acids is 1. The quantitative estimate of drug-likeness (QED) is 0.745. The van der Waals surface area contributed by atoms with Gasteiger partial charge in [-0.25, -0.2) is 0 Å². The molecule has 1 atom stereocenters. The van der Waals surface area contributed by atoms with E-state index in [1.165, 1.54) is 0 Å². The molecule has 0 spiro atoms. The highest BCUT2D eigenvalue weighted by molar-refractivity contribution is 6.30. The van der Waals surface area contributed by atoms with E-state index in [9.17, 15) is 9.90 Å². The monoisotopic (exact) mass is 354 g/mol. The van der Waals surface area contributed by atoms with Crippen molar-refractivity contribution in [1.82, 2.24) is 10.3 Å². The molecule has 25 heavy (non-hydrogen) atoms. The molecule has 0 radical (unpaired) electrons. The summed E-state index contributed by atoms with van der Waals surface area (Å²) < 4.78 is 0. The number of carbonyl (C=O) groups is 1. The van der Waals surface area contributed by atoms with E-state index in [1.54, 1.807) is 24.3 Å². The van der Waals surface area contributed by atoms with Gasteiger partial charge in [0.05, 0.1) is 22.9 Å². The summed E-state index contributed by atoms with van der Waals surface area (Å²) in [6.07, 6.45) is -0.821. The Morgan fingerprint density at radius 1 is 1.20 bits per heavy atom. The van der Waals surface area contributed by atoms with Gasteiger partial charge in [-0.2, -0.15) is 0 Å². The Balaban J connectivity index is 1.76. The van der Waals surface area contributed by atoms with Gasteiger partial charge in [0.1, 0.15) is 0 Å². The fourth-order valence-electron chi connectivity index (χ4n) is 2.74. The van der Waals surface area contributed by atoms with Crippen molar-refractivity contribution in [2.45, 2.75) is 20.0 Å². The zero-order valence-corrected chi connectivity index (χ0v) is 14.8. The molecule has 1 heterocycles. The second-order valence-corrected chi connectivity index (χ2v) is 6.53. The van der Waals surface area contributed by atoms with Crippen LogP contribution in [0, 0.1) is 13.8 Å². The molecule has 5 heteroatoms. The largest absolute Gasteiger partial charge is 0.387 e. The predicted octanol–water partition coefficient (Wildman–Crippen LogP) is 3.97. The lowest BCUT2D eigenvalue weighted by Crippen LogP contribution is -2.29. The predicted molar refractivity (Wildman–Crippen MR) is 100.0 cm³/mol. The Hall–Kier alpha value is -2.43. The number of amides is 1. The minimum atomic E-state index is -0.821. The van der Waals surface area contributed by atoms with E-state index >= 15 is 0 Å². The standard InChI is InChI=1S/C20H19ClN2O2/c1-12-6-7-18-15(8-12)10-17(13(2)23-18)20(25)22-11-19(24)14-4-3-5-16(21)9-14/h3-10,19,24H,11H2,1-2H3,(H,22,25)/t19-/m1/s1. The summed E-state index contributed by atoms with van der Waals surface area (Å²) in [6.45, 7) is 3.91. The summed E-state index contributed by atoms with van der Waals surface area (Å²) in [5.74, 6) is -0.255. The molecule has 0 aliphatic heterocycles. The molecule has 0 aliphatic carbocycles. The lowest BCUT2D eigenvalue weighted by Gasteiger charge is -2.14. The van der Waals surface area contributed by atoms with Crippen molar-refractivity contribution < 1.29 is 9.90 Å². The molecule has 2 aromatic carbocycles. The lowest BCUT2D eigenvalue weighted by atomic mass is 10.1. The lowest BCUT2D eigenvalue weighted by molar-refractivity contribution is 0.0915. The summed E-state index contributed by atoms with van der Waals surface area (Å²) in [7, 11) is 0. The molecule has 0 aliphatic rings. The van der Waals surface area contributed by atoms with Crippen LogP contribution in [0.2, 0.25) is 5.02 Å². The number of hydrogen-bond donors (Lipinski definition) is 2. The zero-order valence-electron chi connectivity index (χ0n) is 14.1. The number of rotatable bonds is 4. The highest BCUT2D eigenvalue weighted by atomic mass is 35.5. The zero-order chi connectivity index (χ0) is 18.0. The van der Waals surface area contributed by atoms with Crippen molar-refractivity contribution in [3.05, 3.63) is 75.9 Å². The average Bonchev–Trinajstić information content (AvgIpc) is 2.59. The van der Waals surface area contributed by atoms with Crippen molar-refractivity contribution in [1.29, 1.82) is 0 Å². The van der Waals surface area contributed by atoms with Crippen molar-refractivity contribution in [3.63, 3.8) is 0 Å². The Kier molecular flexibility index (Phi) is 5.02. The van der Waals surface area contributed by atoms with Crippen LogP contribution in [0.3, 0.4) is 0 Å². The Labute approximate surface area is 151 Å². The van der Waals surface area contributed by atoms with E-state index in [2.05, 4.69) is 10.3 Å². The third-order valence-electron chi connectivity index (χ3n) is 4.09. The number of benzene rings is 2. The van der Waals surface area contributed by atoms with Gasteiger partial charge in [-0.1, -0.05) is 35.4 Å². The molecule has 128 valence electrons. The first-order valence-corrected chi connectivity index (χ1v) is 8.41. The first-order valence-electron chi connectivity index (χ1n) is 8.04. The maximum absolute atomic E-state index is 12.5. The van der Waals surface area contributed by atoms with Crippen LogP contribution < -0.4 is 5.32 Å². The molecule has 0 fully saturated rings. The first kappa shape index (κ1) is 17.4. The minimum Gasteiger partial charge on any atom is -0.387 e. The van der Waals surface area contributed by atoms with Crippen molar-refractivity contribution in [2.24, 2.45) is 0 Å². The van der Waals surface area contributed by atoms with E-state index in [0.717, 1.165) is 16.5 Å². The summed E-state index contributed by atoms with van der Waals surface area (Å²) in [5, 5.41) is 14.5. The van der Waals surface area contributed by atoms with Gasteiger partial charge in [0, 0.05) is 17.0 Å². The summed E-state index contributed by atoms with van der Waals surface area (Å²) >= 11 is 5.93. The molecule has 0 saturated carbocycles. The van der Waals surface area contributed by atoms with Crippen LogP contribution in [-0.4, -0.2) is 22.5 Å². The first-order chi connectivity index (χ1) is 11.9. The highest BCUT2D eigenvalue weighted by Crippen LogP contribution is 2.19. The van der Waals surface area contributed by atoms with E-state index < -0.39 is 6.10 Å². The van der Waals surface area contributed by atoms with Gasteiger partial charge in [-0.15, -0.1) is 0 Å². The number of fused-ring (bicyclic) bond motifs is 1. The van der Waals surface area contributed by atoms with Gasteiger partial charge >= 0.3 is 0 Å². The number of pyridine rings is 1. The summed E-state index contributed by atoms with van der Waals surface area (Å²) in [5.41, 5.74) is 3.80. The Morgan fingerprint density at radius 2 is 2.00 bits per heavy atom. The van der Waals surface area contributed by atoms with Crippen molar-refractivity contribution in [3.8, 4) is 0 Å². The smallest absolute Gasteiger partial charge is 0.253 e. The van der Waals surface area contributed by atoms with Crippen LogP contribution in [0.1, 0.15) is 33.3 Å². The number of aliphatic hydroxyl groups is 1. The number of nitrogens with zero attached hydrogens (tertiary/aromatic N) is 1. The second-order valence-electron chi connectivity index (χ2n) is 6.10. The van der Waals surface area contributed by atoms with Crippen LogP contribution in [-0.2, 0) is 0 Å². The SMILES string of the molecule is Cc1ccc2nc(C)c(C(=O)NC[C@@H](O)c3cccc(Cl)c3)cc2c1. The van der Waals surface area contributed by atoms with Gasteiger partial charge in [-0.3, -0.25) is 9.78 Å². The van der Waals surface area contributed by atoms with Gasteiger partial charge < -0.3 is 10.4 Å². The number of aryl methyl sites for hydroxylation is 2. The van der Waals surface area contributed by atoms with Crippen LogP contribution >= 0.6 is 11.6 Å². The molecular formula is C20H19ClN2O2. The molecule has 0 unspecified atom stereocenters. The van der Waals surface area contributed by atoms with E-state index in [1.807, 2.05) is 38.1 Å². The van der Waals surface area contributed by atoms with E-state index in [4.69, 9.17) is 11.6 Å². The van der Waals surface area contributed by atoms with Gasteiger partial charge in [0.15, 0.2) is 0 Å². The Morgan fingerprint density at radius 3 is 2.76 bits per heavy atom. The Bertz CT molecular complexity index is 940. The minimum absolute atomic E-state index is 0.102. The van der Waals surface area contributed by atoms with Gasteiger partial charge in [-0.05, 0) is 49.7 Å². The normalized spacial score (nSPS) is 12.2. The molecule has 3 aromatic rings. The maximum atomic E-state index is 12.5. The van der Waals surface area contributed by atoms with Gasteiger partial charge in [0.25, 0.3) is 5.91 Å². The summed E-state index contributed by atoms with van der Waals surface area (Å²) in [6, 6.07) is 14.7. The number of aliphatic hydroxyl groups excluding tert-OH is 1. The van der Waals surface area contributed by atoms with Crippen molar-refractivity contribution in [2.75, 3.05) is 6.54 Å². The molecule has 4 nitrogen and oxygen atoms in total. The van der Waals surface area contributed by atoms with Crippen LogP contribution in [0.15, 0.2) is 48.5 Å². The highest BCUT2D eigenvalue weighted by Gasteiger charge is 2.14. The number of aromatic nitrogens is 1. The molecular weight excluding hydrogens is 336 g/mol. The summed E-state index contributed by atoms with van der Waals surface area (Å²) in [4.78, 5) is 17.0. The second kappa shape index (κ2) is 7.21. The molecule has 2 N–H and O–H groups in total. The molecule has 0 saturated heterocycles. The average molecular weight is 355 g/mol. The topological polar surface area (TPSA) is 62.2 Å². The van der Waals surface area contributed by atoms with Crippen LogP contribution in [0.5, 0.6) is 0 Å². The van der Waals surface area contributed by atoms with E-state index in [-0.39, 0.29) is 12.5 Å². The number of halogens is 1. The maximum Gasteiger partial charge on any atom is 0.253 e. The third kappa shape index (κ3) is 3.98. The fraction of sp³-hybridized carbons (Fsp3) is 0.200. The van der Waals surface area contributed by atoms with Gasteiger partial charge in [0.2, 0.25) is 0 Å². The molecule has 0 bridgehead atoms. The fourth-order valence-corrected chi connectivity index (χ4v) is 2.94. The molecule has 1 amide bonds. The van der Waals surface area contributed by atoms with E-state index in [0.29, 0.717) is 21.8 Å². The molecule has 1 aromatic heterocycles. The van der Waals surface area contributed by atoms with Crippen molar-refractivity contribution >= 4 is 28.4 Å². The van der Waals surface area contributed by atoms with Crippen LogP contribution in [0.4, 0.5) is 0 Å².